The average Bonchev–Trinajstić information content (AvgIpc) is 2.43. The molecule has 0 aliphatic carbocycles. The highest BCUT2D eigenvalue weighted by atomic mass is 16.5. The van der Waals surface area contributed by atoms with Gasteiger partial charge in [-0.3, -0.25) is 9.69 Å². The van der Waals surface area contributed by atoms with Crippen LogP contribution in [0.1, 0.15) is 20.3 Å². The van der Waals surface area contributed by atoms with Crippen LogP contribution < -0.4 is 11.1 Å². The molecule has 0 aromatic heterocycles. The summed E-state index contributed by atoms with van der Waals surface area (Å²) in [5.41, 5.74) is 5.63. The van der Waals surface area contributed by atoms with Crippen molar-refractivity contribution in [3.8, 4) is 0 Å². The number of amides is 1. The van der Waals surface area contributed by atoms with E-state index < -0.39 is 0 Å². The van der Waals surface area contributed by atoms with Crippen molar-refractivity contribution >= 4 is 5.91 Å². The Labute approximate surface area is 115 Å². The third kappa shape index (κ3) is 5.06. The lowest BCUT2D eigenvalue weighted by Crippen LogP contribution is -2.57. The Morgan fingerprint density at radius 1 is 1.63 bits per heavy atom. The van der Waals surface area contributed by atoms with Gasteiger partial charge in [-0.1, -0.05) is 0 Å². The summed E-state index contributed by atoms with van der Waals surface area (Å²) in [6, 6.07) is 0.0815. The van der Waals surface area contributed by atoms with Gasteiger partial charge in [-0.2, -0.15) is 0 Å². The Bertz CT molecular complexity index is 276. The van der Waals surface area contributed by atoms with Crippen molar-refractivity contribution in [1.29, 1.82) is 0 Å². The third-order valence-corrected chi connectivity index (χ3v) is 3.52. The van der Waals surface area contributed by atoms with Gasteiger partial charge in [0.2, 0.25) is 5.91 Å². The molecule has 1 saturated heterocycles. The minimum Gasteiger partial charge on any atom is -0.385 e. The molecule has 1 fully saturated rings. The first kappa shape index (κ1) is 16.4. The Balaban J connectivity index is 2.40. The lowest BCUT2D eigenvalue weighted by Gasteiger charge is -2.40. The molecule has 0 spiro atoms. The molecule has 3 atom stereocenters. The van der Waals surface area contributed by atoms with Gasteiger partial charge in [0.25, 0.3) is 0 Å². The van der Waals surface area contributed by atoms with Crippen molar-refractivity contribution in [2.24, 2.45) is 5.73 Å². The second-order valence-electron chi connectivity index (χ2n) is 5.05. The minimum atomic E-state index is -0.157. The number of nitrogens with two attached hydrogens (primary N) is 1. The standard InChI is InChI=1S/C13H27N3O3/c1-10-9-19-12(7-14)8-16(10)11(2)13(17)15-5-4-6-18-3/h10-12H,4-9,14H2,1-3H3,(H,15,17). The first-order chi connectivity index (χ1) is 9.10. The van der Waals surface area contributed by atoms with Crippen molar-refractivity contribution in [1.82, 2.24) is 10.2 Å². The van der Waals surface area contributed by atoms with Crippen LogP contribution in [-0.4, -0.2) is 69.0 Å². The largest absolute Gasteiger partial charge is 0.385 e. The Kier molecular flexibility index (Phi) is 7.30. The molecule has 0 aromatic carbocycles. The summed E-state index contributed by atoms with van der Waals surface area (Å²) < 4.78 is 10.6. The van der Waals surface area contributed by atoms with Crippen LogP contribution in [0.4, 0.5) is 0 Å². The number of nitrogens with one attached hydrogen (secondary N) is 1. The average molecular weight is 273 g/mol. The molecule has 1 aliphatic rings. The number of nitrogens with zero attached hydrogens (tertiary/aromatic N) is 1. The molecule has 0 saturated carbocycles. The van der Waals surface area contributed by atoms with Crippen LogP contribution in [0.15, 0.2) is 0 Å². The quantitative estimate of drug-likeness (QED) is 0.616. The van der Waals surface area contributed by atoms with Crippen LogP contribution in [0.25, 0.3) is 0 Å². The summed E-state index contributed by atoms with van der Waals surface area (Å²) in [6.07, 6.45) is 0.860. The SMILES string of the molecule is COCCCNC(=O)C(C)N1CC(CN)OCC1C. The first-order valence-electron chi connectivity index (χ1n) is 6.94. The van der Waals surface area contributed by atoms with Gasteiger partial charge in [-0.25, -0.2) is 0 Å². The van der Waals surface area contributed by atoms with E-state index >= 15 is 0 Å². The maximum absolute atomic E-state index is 12.1. The predicted octanol–water partition coefficient (Wildman–Crippen LogP) is -0.424. The highest BCUT2D eigenvalue weighted by Gasteiger charge is 2.31. The van der Waals surface area contributed by atoms with Gasteiger partial charge in [0, 0.05) is 39.4 Å². The van der Waals surface area contributed by atoms with Crippen molar-refractivity contribution < 1.29 is 14.3 Å². The van der Waals surface area contributed by atoms with E-state index in [0.717, 1.165) is 6.42 Å². The summed E-state index contributed by atoms with van der Waals surface area (Å²) in [5.74, 6) is 0.0561. The summed E-state index contributed by atoms with van der Waals surface area (Å²) in [5, 5.41) is 2.94. The van der Waals surface area contributed by atoms with Gasteiger partial charge in [0.15, 0.2) is 0 Å². The summed E-state index contributed by atoms with van der Waals surface area (Å²) in [6.45, 7) is 7.15. The van der Waals surface area contributed by atoms with E-state index in [1.165, 1.54) is 0 Å². The lowest BCUT2D eigenvalue weighted by atomic mass is 10.1. The van der Waals surface area contributed by atoms with Crippen LogP contribution in [-0.2, 0) is 14.3 Å². The predicted molar refractivity (Wildman–Crippen MR) is 73.9 cm³/mol. The Morgan fingerprint density at radius 3 is 3.00 bits per heavy atom. The van der Waals surface area contributed by atoms with Crippen LogP contribution in [0.3, 0.4) is 0 Å². The number of ether oxygens (including phenoxy) is 2. The van der Waals surface area contributed by atoms with Crippen LogP contribution >= 0.6 is 0 Å². The van der Waals surface area contributed by atoms with Gasteiger partial charge < -0.3 is 20.5 Å². The molecule has 1 rings (SSSR count). The van der Waals surface area contributed by atoms with E-state index in [2.05, 4.69) is 17.1 Å². The molecule has 19 heavy (non-hydrogen) atoms. The summed E-state index contributed by atoms with van der Waals surface area (Å²) in [4.78, 5) is 14.2. The van der Waals surface area contributed by atoms with Crippen molar-refractivity contribution in [3.63, 3.8) is 0 Å². The van der Waals surface area contributed by atoms with Gasteiger partial charge in [-0.05, 0) is 20.3 Å². The van der Waals surface area contributed by atoms with E-state index in [1.807, 2.05) is 6.92 Å². The molecular weight excluding hydrogens is 246 g/mol. The molecule has 1 aliphatic heterocycles. The zero-order valence-electron chi connectivity index (χ0n) is 12.2. The molecule has 6 heteroatoms. The third-order valence-electron chi connectivity index (χ3n) is 3.52. The number of hydrogen-bond acceptors (Lipinski definition) is 5. The normalized spacial score (nSPS) is 26.1. The first-order valence-corrected chi connectivity index (χ1v) is 6.94. The van der Waals surface area contributed by atoms with Gasteiger partial charge in [0.05, 0.1) is 18.8 Å². The highest BCUT2D eigenvalue weighted by Crippen LogP contribution is 2.14. The van der Waals surface area contributed by atoms with Gasteiger partial charge in [-0.15, -0.1) is 0 Å². The van der Waals surface area contributed by atoms with E-state index in [0.29, 0.717) is 32.8 Å². The zero-order chi connectivity index (χ0) is 14.3. The number of hydrogen-bond donors (Lipinski definition) is 2. The minimum absolute atomic E-state index is 0.0277. The van der Waals surface area contributed by atoms with E-state index in [9.17, 15) is 4.79 Å². The monoisotopic (exact) mass is 273 g/mol. The molecule has 3 N–H and O–H groups in total. The van der Waals surface area contributed by atoms with Crippen LogP contribution in [0, 0.1) is 0 Å². The van der Waals surface area contributed by atoms with E-state index in [1.54, 1.807) is 7.11 Å². The smallest absolute Gasteiger partial charge is 0.237 e. The fourth-order valence-corrected chi connectivity index (χ4v) is 2.25. The van der Waals surface area contributed by atoms with Crippen molar-refractivity contribution in [2.75, 3.05) is 40.0 Å². The molecule has 3 unspecified atom stereocenters. The highest BCUT2D eigenvalue weighted by molar-refractivity contribution is 5.81. The number of carbonyl (C=O) groups is 1. The molecule has 6 nitrogen and oxygen atoms in total. The molecule has 0 aromatic rings. The van der Waals surface area contributed by atoms with E-state index in [-0.39, 0.29) is 24.1 Å². The van der Waals surface area contributed by atoms with Gasteiger partial charge >= 0.3 is 0 Å². The van der Waals surface area contributed by atoms with Crippen LogP contribution in [0.2, 0.25) is 0 Å². The van der Waals surface area contributed by atoms with E-state index in [4.69, 9.17) is 15.2 Å². The maximum Gasteiger partial charge on any atom is 0.237 e. The number of morpholine rings is 1. The number of carbonyl (C=O) groups excluding carboxylic acids is 1. The molecular formula is C13H27N3O3. The second-order valence-corrected chi connectivity index (χ2v) is 5.05. The lowest BCUT2D eigenvalue weighted by molar-refractivity contribution is -0.132. The fourth-order valence-electron chi connectivity index (χ4n) is 2.25. The molecule has 1 heterocycles. The molecule has 1 amide bonds. The van der Waals surface area contributed by atoms with Gasteiger partial charge in [0.1, 0.15) is 0 Å². The van der Waals surface area contributed by atoms with Crippen molar-refractivity contribution in [3.05, 3.63) is 0 Å². The summed E-state index contributed by atoms with van der Waals surface area (Å²) >= 11 is 0. The molecule has 0 bridgehead atoms. The number of methoxy groups -OCH3 is 1. The maximum atomic E-state index is 12.1. The fraction of sp³-hybridized carbons (Fsp3) is 0.923. The topological polar surface area (TPSA) is 76.8 Å². The zero-order valence-corrected chi connectivity index (χ0v) is 12.2. The summed E-state index contributed by atoms with van der Waals surface area (Å²) in [7, 11) is 1.66. The number of rotatable bonds is 7. The molecule has 0 radical (unpaired) electrons. The Hall–Kier alpha value is -0.690. The Morgan fingerprint density at radius 2 is 2.37 bits per heavy atom. The van der Waals surface area contributed by atoms with Crippen LogP contribution in [0.5, 0.6) is 0 Å². The second kappa shape index (κ2) is 8.47. The van der Waals surface area contributed by atoms with Crippen molar-refractivity contribution in [2.45, 2.75) is 38.5 Å². The molecule has 112 valence electrons.